The molecule has 0 saturated carbocycles. The van der Waals surface area contributed by atoms with Crippen LogP contribution in [0.25, 0.3) is 0 Å². The van der Waals surface area contributed by atoms with Gasteiger partial charge in [-0.1, -0.05) is 11.6 Å². The number of carbonyl (C=O) groups excluding carboxylic acids is 1. The summed E-state index contributed by atoms with van der Waals surface area (Å²) in [6.07, 6.45) is -5.98. The van der Waals surface area contributed by atoms with Gasteiger partial charge in [0.15, 0.2) is 11.3 Å². The first-order valence-electron chi connectivity index (χ1n) is 5.09. The number of urea groups is 1. The van der Waals surface area contributed by atoms with Gasteiger partial charge in [0.2, 0.25) is 0 Å². The Balaban J connectivity index is 2.62. The third-order valence-electron chi connectivity index (χ3n) is 2.17. The fraction of sp³-hybridized carbons (Fsp3) is 0.400. The van der Waals surface area contributed by atoms with Crippen LogP contribution in [0.5, 0.6) is 0 Å². The number of nitrogens with zero attached hydrogens (tertiary/aromatic N) is 2. The number of aliphatic hydroxyl groups is 1. The molecule has 2 N–H and O–H groups in total. The van der Waals surface area contributed by atoms with Gasteiger partial charge in [0.25, 0.3) is 0 Å². The zero-order valence-corrected chi connectivity index (χ0v) is 10.5. The Morgan fingerprint density at radius 2 is 2.26 bits per heavy atom. The smallest absolute Gasteiger partial charge is 0.382 e. The quantitative estimate of drug-likeness (QED) is 0.840. The van der Waals surface area contributed by atoms with Crippen LogP contribution in [0.4, 0.5) is 23.7 Å². The summed E-state index contributed by atoms with van der Waals surface area (Å²) in [5.74, 6) is 0. The molecule has 1 atom stereocenters. The van der Waals surface area contributed by atoms with E-state index in [0.29, 0.717) is 4.90 Å². The molecule has 106 valence electrons. The SMILES string of the molecule is CN(CC(O)C(F)(F)F)C(=O)Nc1cccnc1Cl. The van der Waals surface area contributed by atoms with E-state index in [4.69, 9.17) is 16.7 Å². The first-order valence-corrected chi connectivity index (χ1v) is 5.47. The monoisotopic (exact) mass is 297 g/mol. The zero-order valence-electron chi connectivity index (χ0n) is 9.78. The van der Waals surface area contributed by atoms with Crippen molar-refractivity contribution in [1.29, 1.82) is 0 Å². The van der Waals surface area contributed by atoms with Crippen molar-refractivity contribution in [3.05, 3.63) is 23.5 Å². The summed E-state index contributed by atoms with van der Waals surface area (Å²) in [4.78, 5) is 16.0. The van der Waals surface area contributed by atoms with Crippen molar-refractivity contribution in [3.8, 4) is 0 Å². The van der Waals surface area contributed by atoms with Gasteiger partial charge in [0.05, 0.1) is 12.2 Å². The minimum Gasteiger partial charge on any atom is -0.382 e. The topological polar surface area (TPSA) is 65.5 Å². The van der Waals surface area contributed by atoms with Crippen LogP contribution in [0.2, 0.25) is 5.15 Å². The van der Waals surface area contributed by atoms with Crippen LogP contribution in [0, 0.1) is 0 Å². The molecule has 0 aromatic carbocycles. The van der Waals surface area contributed by atoms with E-state index in [2.05, 4.69) is 10.3 Å². The number of amides is 2. The van der Waals surface area contributed by atoms with Crippen LogP contribution in [0.1, 0.15) is 0 Å². The Bertz CT molecular complexity index is 456. The highest BCUT2D eigenvalue weighted by atomic mass is 35.5. The van der Waals surface area contributed by atoms with Crippen LogP contribution >= 0.6 is 11.6 Å². The van der Waals surface area contributed by atoms with E-state index in [1.54, 1.807) is 0 Å². The summed E-state index contributed by atoms with van der Waals surface area (Å²) >= 11 is 5.68. The molecule has 0 aliphatic rings. The molecular weight excluding hydrogens is 287 g/mol. The van der Waals surface area contributed by atoms with Gasteiger partial charge in [-0.25, -0.2) is 9.78 Å². The molecule has 0 radical (unpaired) electrons. The lowest BCUT2D eigenvalue weighted by Gasteiger charge is -2.22. The van der Waals surface area contributed by atoms with Crippen LogP contribution in [-0.4, -0.2) is 46.9 Å². The van der Waals surface area contributed by atoms with Crippen LogP contribution in [0.3, 0.4) is 0 Å². The van der Waals surface area contributed by atoms with Gasteiger partial charge < -0.3 is 15.3 Å². The van der Waals surface area contributed by atoms with Crippen molar-refractivity contribution < 1.29 is 23.1 Å². The number of rotatable bonds is 3. The maximum Gasteiger partial charge on any atom is 0.416 e. The summed E-state index contributed by atoms with van der Waals surface area (Å²) in [7, 11) is 1.12. The van der Waals surface area contributed by atoms with E-state index in [1.807, 2.05) is 0 Å². The maximum atomic E-state index is 12.1. The highest BCUT2D eigenvalue weighted by Crippen LogP contribution is 2.21. The minimum absolute atomic E-state index is 0.0145. The predicted octanol–water partition coefficient (Wildman–Crippen LogP) is 2.12. The Morgan fingerprint density at radius 3 is 2.79 bits per heavy atom. The van der Waals surface area contributed by atoms with Crippen LogP contribution in [-0.2, 0) is 0 Å². The van der Waals surface area contributed by atoms with Gasteiger partial charge in [0, 0.05) is 13.2 Å². The zero-order chi connectivity index (χ0) is 14.6. The van der Waals surface area contributed by atoms with Gasteiger partial charge in [-0.2, -0.15) is 13.2 Å². The van der Waals surface area contributed by atoms with E-state index in [-0.39, 0.29) is 10.8 Å². The second-order valence-corrected chi connectivity index (χ2v) is 4.07. The third kappa shape index (κ3) is 4.56. The first-order chi connectivity index (χ1) is 8.71. The van der Waals surface area contributed by atoms with Crippen molar-refractivity contribution in [2.75, 3.05) is 18.9 Å². The third-order valence-corrected chi connectivity index (χ3v) is 2.47. The lowest BCUT2D eigenvalue weighted by atomic mass is 10.3. The molecule has 0 spiro atoms. The number of alkyl halides is 3. The molecule has 1 aromatic heterocycles. The molecule has 2 amide bonds. The highest BCUT2D eigenvalue weighted by Gasteiger charge is 2.39. The summed E-state index contributed by atoms with van der Waals surface area (Å²) in [5.41, 5.74) is 0.169. The normalized spacial score (nSPS) is 12.9. The molecule has 0 fully saturated rings. The largest absolute Gasteiger partial charge is 0.416 e. The molecule has 1 aromatic rings. The van der Waals surface area contributed by atoms with E-state index < -0.39 is 24.9 Å². The summed E-state index contributed by atoms with van der Waals surface area (Å²) < 4.78 is 36.4. The highest BCUT2D eigenvalue weighted by molar-refractivity contribution is 6.32. The standard InChI is InChI=1S/C10H11ClF3N3O2/c1-17(5-7(18)10(12,13)14)9(19)16-6-3-2-4-15-8(6)11/h2-4,7,18H,5H2,1H3,(H,16,19). The number of hydrogen-bond donors (Lipinski definition) is 2. The number of aromatic nitrogens is 1. The van der Waals surface area contributed by atoms with Gasteiger partial charge in [-0.05, 0) is 12.1 Å². The number of likely N-dealkylation sites (N-methyl/N-ethyl adjacent to an activating group) is 1. The predicted molar refractivity (Wildman–Crippen MR) is 63.0 cm³/mol. The lowest BCUT2D eigenvalue weighted by Crippen LogP contribution is -2.43. The summed E-state index contributed by atoms with van der Waals surface area (Å²) in [6, 6.07) is 2.12. The van der Waals surface area contributed by atoms with Gasteiger partial charge in [-0.3, -0.25) is 0 Å². The number of hydrogen-bond acceptors (Lipinski definition) is 3. The molecular formula is C10H11ClF3N3O2. The van der Waals surface area contributed by atoms with E-state index >= 15 is 0 Å². The second-order valence-electron chi connectivity index (χ2n) is 3.71. The molecule has 0 aliphatic heterocycles. The average Bonchev–Trinajstić information content (AvgIpc) is 2.30. The Morgan fingerprint density at radius 1 is 1.63 bits per heavy atom. The van der Waals surface area contributed by atoms with Crippen molar-refractivity contribution in [3.63, 3.8) is 0 Å². The van der Waals surface area contributed by atoms with E-state index in [9.17, 15) is 18.0 Å². The molecule has 0 aliphatic carbocycles. The average molecular weight is 298 g/mol. The second kappa shape index (κ2) is 6.07. The molecule has 1 rings (SSSR count). The molecule has 1 heterocycles. The minimum atomic E-state index is -4.78. The van der Waals surface area contributed by atoms with Crippen molar-refractivity contribution in [2.45, 2.75) is 12.3 Å². The molecule has 1 unspecified atom stereocenters. The van der Waals surface area contributed by atoms with Crippen molar-refractivity contribution >= 4 is 23.3 Å². The van der Waals surface area contributed by atoms with Gasteiger partial charge >= 0.3 is 12.2 Å². The lowest BCUT2D eigenvalue weighted by molar-refractivity contribution is -0.205. The van der Waals surface area contributed by atoms with Crippen molar-refractivity contribution in [1.82, 2.24) is 9.88 Å². The van der Waals surface area contributed by atoms with Crippen LogP contribution in [0.15, 0.2) is 18.3 Å². The first kappa shape index (κ1) is 15.5. The van der Waals surface area contributed by atoms with Gasteiger partial charge in [-0.15, -0.1) is 0 Å². The fourth-order valence-corrected chi connectivity index (χ4v) is 1.30. The van der Waals surface area contributed by atoms with Crippen molar-refractivity contribution in [2.24, 2.45) is 0 Å². The van der Waals surface area contributed by atoms with Gasteiger partial charge in [0.1, 0.15) is 0 Å². The number of carbonyl (C=O) groups is 1. The van der Waals surface area contributed by atoms with Crippen LogP contribution < -0.4 is 5.32 Å². The van der Waals surface area contributed by atoms with E-state index in [1.165, 1.54) is 18.3 Å². The molecule has 5 nitrogen and oxygen atoms in total. The molecule has 9 heteroatoms. The fourth-order valence-electron chi connectivity index (χ4n) is 1.14. The number of halogens is 4. The Labute approximate surface area is 112 Å². The maximum absolute atomic E-state index is 12.1. The molecule has 0 bridgehead atoms. The summed E-state index contributed by atoms with van der Waals surface area (Å²) in [5, 5.41) is 11.1. The van der Waals surface area contributed by atoms with E-state index in [0.717, 1.165) is 7.05 Å². The summed E-state index contributed by atoms with van der Waals surface area (Å²) in [6.45, 7) is -0.882. The molecule has 19 heavy (non-hydrogen) atoms. The number of nitrogens with one attached hydrogen (secondary N) is 1. The Hall–Kier alpha value is -1.54. The molecule has 0 saturated heterocycles. The Kier molecular flexibility index (Phi) is 4.96. The number of pyridine rings is 1. The number of anilines is 1. The number of aliphatic hydroxyl groups excluding tert-OH is 1.